The first-order valence-corrected chi connectivity index (χ1v) is 8.76. The first-order valence-electron chi connectivity index (χ1n) is 8.76. The molecular formula is C21H23NO5. The van der Waals surface area contributed by atoms with Crippen molar-refractivity contribution in [3.8, 4) is 11.5 Å². The van der Waals surface area contributed by atoms with Crippen molar-refractivity contribution in [1.82, 2.24) is 4.90 Å². The maximum atomic E-state index is 13.1. The Kier molecular flexibility index (Phi) is 5.35. The van der Waals surface area contributed by atoms with Crippen LogP contribution in [0.1, 0.15) is 27.4 Å². The van der Waals surface area contributed by atoms with E-state index in [0.717, 1.165) is 11.1 Å². The second-order valence-electron chi connectivity index (χ2n) is 6.71. The van der Waals surface area contributed by atoms with Gasteiger partial charge in [0.15, 0.2) is 0 Å². The minimum atomic E-state index is -0.919. The van der Waals surface area contributed by atoms with Gasteiger partial charge in [-0.05, 0) is 30.7 Å². The Morgan fingerprint density at radius 2 is 1.74 bits per heavy atom. The molecule has 6 heteroatoms. The Morgan fingerprint density at radius 3 is 2.41 bits per heavy atom. The lowest BCUT2D eigenvalue weighted by atomic mass is 9.88. The van der Waals surface area contributed by atoms with Crippen molar-refractivity contribution < 1.29 is 24.2 Å². The van der Waals surface area contributed by atoms with Crippen LogP contribution in [0.15, 0.2) is 42.5 Å². The van der Waals surface area contributed by atoms with Gasteiger partial charge in [-0.25, -0.2) is 0 Å². The molecule has 0 radical (unpaired) electrons. The number of nitrogens with zero attached hydrogens (tertiary/aromatic N) is 1. The van der Waals surface area contributed by atoms with Crippen LogP contribution in [0.2, 0.25) is 0 Å². The fraction of sp³-hybridized carbons (Fsp3) is 0.333. The van der Waals surface area contributed by atoms with Gasteiger partial charge in [0.1, 0.15) is 11.5 Å². The van der Waals surface area contributed by atoms with Crippen molar-refractivity contribution in [3.63, 3.8) is 0 Å². The smallest absolute Gasteiger partial charge is 0.308 e. The molecule has 1 heterocycles. The van der Waals surface area contributed by atoms with Gasteiger partial charge in [-0.2, -0.15) is 0 Å². The third-order valence-electron chi connectivity index (χ3n) is 5.05. The molecule has 0 spiro atoms. The second kappa shape index (κ2) is 7.70. The topological polar surface area (TPSA) is 76.1 Å². The predicted octanol–water partition coefficient (Wildman–Crippen LogP) is 2.95. The monoisotopic (exact) mass is 369 g/mol. The lowest BCUT2D eigenvalue weighted by Crippen LogP contribution is -2.30. The summed E-state index contributed by atoms with van der Waals surface area (Å²) in [6.07, 6.45) is 0. The van der Waals surface area contributed by atoms with E-state index in [9.17, 15) is 14.7 Å². The molecule has 1 amide bonds. The molecule has 142 valence electrons. The largest absolute Gasteiger partial charge is 0.496 e. The molecule has 3 rings (SSSR count). The molecule has 2 aromatic rings. The van der Waals surface area contributed by atoms with Gasteiger partial charge >= 0.3 is 5.97 Å². The third kappa shape index (κ3) is 3.60. The Morgan fingerprint density at radius 1 is 1.04 bits per heavy atom. The average molecular weight is 369 g/mol. The number of ether oxygens (including phenoxy) is 2. The highest BCUT2D eigenvalue weighted by atomic mass is 16.5. The molecule has 0 saturated carbocycles. The summed E-state index contributed by atoms with van der Waals surface area (Å²) in [7, 11) is 3.08. The minimum Gasteiger partial charge on any atom is -0.496 e. The molecule has 1 fully saturated rings. The van der Waals surface area contributed by atoms with E-state index in [0.29, 0.717) is 23.6 Å². The summed E-state index contributed by atoms with van der Waals surface area (Å²) in [5, 5.41) is 9.72. The first-order chi connectivity index (χ1) is 13.0. The Bertz CT molecular complexity index is 863. The van der Waals surface area contributed by atoms with Crippen LogP contribution in [0.3, 0.4) is 0 Å². The Hall–Kier alpha value is -3.02. The van der Waals surface area contributed by atoms with Gasteiger partial charge in [0.25, 0.3) is 5.91 Å². The zero-order valence-corrected chi connectivity index (χ0v) is 15.6. The lowest BCUT2D eigenvalue weighted by Gasteiger charge is -2.19. The van der Waals surface area contributed by atoms with Crippen molar-refractivity contribution in [3.05, 3.63) is 59.2 Å². The molecule has 0 aromatic heterocycles. The van der Waals surface area contributed by atoms with Gasteiger partial charge in [-0.3, -0.25) is 9.59 Å². The van der Waals surface area contributed by atoms with E-state index in [4.69, 9.17) is 9.47 Å². The van der Waals surface area contributed by atoms with Crippen LogP contribution in [0.5, 0.6) is 11.5 Å². The van der Waals surface area contributed by atoms with E-state index in [1.165, 1.54) is 7.11 Å². The van der Waals surface area contributed by atoms with Crippen LogP contribution in [0, 0.1) is 12.8 Å². The normalized spacial score (nSPS) is 19.0. The molecule has 0 bridgehead atoms. The first kappa shape index (κ1) is 18.8. The number of carboxylic acid groups (broad SMARTS) is 1. The van der Waals surface area contributed by atoms with Gasteiger partial charge in [0.2, 0.25) is 0 Å². The average Bonchev–Trinajstić information content (AvgIpc) is 3.13. The highest BCUT2D eigenvalue weighted by Gasteiger charge is 2.42. The molecule has 1 saturated heterocycles. The van der Waals surface area contributed by atoms with Crippen molar-refractivity contribution >= 4 is 11.9 Å². The number of rotatable bonds is 5. The summed E-state index contributed by atoms with van der Waals surface area (Å²) < 4.78 is 10.7. The number of aliphatic carboxylic acids is 1. The van der Waals surface area contributed by atoms with Crippen molar-refractivity contribution in [1.29, 1.82) is 0 Å². The van der Waals surface area contributed by atoms with E-state index in [-0.39, 0.29) is 18.4 Å². The molecule has 2 atom stereocenters. The zero-order valence-electron chi connectivity index (χ0n) is 15.6. The number of para-hydroxylation sites is 1. The van der Waals surface area contributed by atoms with Gasteiger partial charge in [-0.15, -0.1) is 0 Å². The molecule has 2 aromatic carbocycles. The summed E-state index contributed by atoms with van der Waals surface area (Å²) >= 11 is 0. The zero-order chi connectivity index (χ0) is 19.6. The van der Waals surface area contributed by atoms with Crippen LogP contribution < -0.4 is 9.47 Å². The van der Waals surface area contributed by atoms with E-state index in [1.54, 1.807) is 24.1 Å². The fourth-order valence-electron chi connectivity index (χ4n) is 3.67. The molecular weight excluding hydrogens is 346 g/mol. The summed E-state index contributed by atoms with van der Waals surface area (Å²) in [4.78, 5) is 26.6. The molecule has 27 heavy (non-hydrogen) atoms. The third-order valence-corrected chi connectivity index (χ3v) is 5.05. The number of carbonyl (C=O) groups excluding carboxylic acids is 1. The SMILES string of the molecule is COc1ccc(C)cc1C(=O)N1C[C@H](C(=O)O)[C@@H](c2ccccc2OC)C1. The second-order valence-corrected chi connectivity index (χ2v) is 6.71. The maximum absolute atomic E-state index is 13.1. The van der Waals surface area contributed by atoms with Gasteiger partial charge in [0, 0.05) is 19.0 Å². The van der Waals surface area contributed by atoms with E-state index < -0.39 is 11.9 Å². The van der Waals surface area contributed by atoms with Crippen LogP contribution in [-0.2, 0) is 4.79 Å². The lowest BCUT2D eigenvalue weighted by molar-refractivity contribution is -0.141. The van der Waals surface area contributed by atoms with Gasteiger partial charge < -0.3 is 19.5 Å². The fourth-order valence-corrected chi connectivity index (χ4v) is 3.67. The Labute approximate surface area is 158 Å². The molecule has 0 aliphatic carbocycles. The number of carboxylic acids is 1. The highest BCUT2D eigenvalue weighted by Crippen LogP contribution is 2.38. The predicted molar refractivity (Wildman–Crippen MR) is 100 cm³/mol. The standard InChI is InChI=1S/C21H23NO5/c1-13-8-9-19(27-3)15(10-13)20(23)22-11-16(17(12-22)21(24)25)14-6-4-5-7-18(14)26-2/h4-10,16-17H,11-12H2,1-3H3,(H,24,25)/t16-,17+/m1/s1. The van der Waals surface area contributed by atoms with Gasteiger partial charge in [0.05, 0.1) is 25.7 Å². The number of aryl methyl sites for hydroxylation is 1. The van der Waals surface area contributed by atoms with Crippen molar-refractivity contribution in [2.45, 2.75) is 12.8 Å². The number of hydrogen-bond donors (Lipinski definition) is 1. The van der Waals surface area contributed by atoms with Crippen molar-refractivity contribution in [2.75, 3.05) is 27.3 Å². The molecule has 1 aliphatic heterocycles. The summed E-state index contributed by atoms with van der Waals surface area (Å²) in [6.45, 7) is 2.36. The number of benzene rings is 2. The molecule has 1 aliphatic rings. The summed E-state index contributed by atoms with van der Waals surface area (Å²) in [5.41, 5.74) is 2.19. The van der Waals surface area contributed by atoms with Crippen LogP contribution in [0.25, 0.3) is 0 Å². The number of carbonyl (C=O) groups is 2. The van der Waals surface area contributed by atoms with Gasteiger partial charge in [-0.1, -0.05) is 29.8 Å². The molecule has 0 unspecified atom stereocenters. The van der Waals surface area contributed by atoms with Crippen LogP contribution >= 0.6 is 0 Å². The number of amides is 1. The maximum Gasteiger partial charge on any atom is 0.308 e. The van der Waals surface area contributed by atoms with E-state index in [2.05, 4.69) is 0 Å². The van der Waals surface area contributed by atoms with Crippen molar-refractivity contribution in [2.24, 2.45) is 5.92 Å². The number of hydrogen-bond acceptors (Lipinski definition) is 4. The van der Waals surface area contributed by atoms with E-state index >= 15 is 0 Å². The highest BCUT2D eigenvalue weighted by molar-refractivity contribution is 5.97. The van der Waals surface area contributed by atoms with Crippen LogP contribution in [0.4, 0.5) is 0 Å². The molecule has 6 nitrogen and oxygen atoms in total. The molecule has 1 N–H and O–H groups in total. The van der Waals surface area contributed by atoms with Crippen LogP contribution in [-0.4, -0.2) is 49.2 Å². The quantitative estimate of drug-likeness (QED) is 0.877. The minimum absolute atomic E-state index is 0.147. The van der Waals surface area contributed by atoms with E-state index in [1.807, 2.05) is 37.3 Å². The number of likely N-dealkylation sites (tertiary alicyclic amines) is 1. The Balaban J connectivity index is 1.94. The summed E-state index contributed by atoms with van der Waals surface area (Å²) in [6, 6.07) is 12.8. The summed E-state index contributed by atoms with van der Waals surface area (Å²) in [5.74, 6) is -1.05. The number of methoxy groups -OCH3 is 2.